The van der Waals surface area contributed by atoms with Crippen molar-refractivity contribution in [2.75, 3.05) is 0 Å². The Morgan fingerprint density at radius 1 is 1.15 bits per heavy atom. The smallest absolute Gasteiger partial charge is 0.308 e. The zero-order valence-corrected chi connectivity index (χ0v) is 14.7. The Balaban J connectivity index is 2.35. The number of halogens is 4. The molecule has 0 aliphatic rings. The molecule has 1 aromatic heterocycles. The van der Waals surface area contributed by atoms with Crippen LogP contribution in [0.4, 0.5) is 13.2 Å². The Kier molecular flexibility index (Phi) is 4.61. The Hall–Kier alpha value is -3.00. The third-order valence-electron chi connectivity index (χ3n) is 3.92. The first-order valence-corrected chi connectivity index (χ1v) is 7.91. The van der Waals surface area contributed by atoms with Crippen molar-refractivity contribution in [2.24, 2.45) is 0 Å². The fraction of sp³-hybridized carbons (Fsp3) is 0.111. The number of ether oxygens (including phenoxy) is 1. The third-order valence-corrected chi connectivity index (χ3v) is 4.23. The molecule has 0 aliphatic heterocycles. The van der Waals surface area contributed by atoms with Crippen LogP contribution in [0.15, 0.2) is 24.3 Å². The Morgan fingerprint density at radius 3 is 2.41 bits per heavy atom. The SMILES string of the molecule is CC(=O)Oc1c(C)n(C(=O)c2ccc(Cl)c(F)c2)c2cc(F)c(O)c(F)c12. The van der Waals surface area contributed by atoms with Crippen LogP contribution in [-0.4, -0.2) is 21.6 Å². The summed E-state index contributed by atoms with van der Waals surface area (Å²) in [4.78, 5) is 24.2. The predicted octanol–water partition coefficient (Wildman–Crippen LogP) is 4.34. The average molecular weight is 398 g/mol. The standard InChI is InChI=1S/C18H11ClF3NO4/c1-7-17(27-8(2)24)14-13(6-12(21)16(25)15(14)22)23(7)18(26)9-3-4-10(19)11(20)5-9/h3-6,25H,1-2H3. The lowest BCUT2D eigenvalue weighted by Gasteiger charge is -2.08. The fourth-order valence-corrected chi connectivity index (χ4v) is 2.86. The van der Waals surface area contributed by atoms with Crippen molar-refractivity contribution in [3.63, 3.8) is 0 Å². The first kappa shape index (κ1) is 18.8. The molecule has 27 heavy (non-hydrogen) atoms. The van der Waals surface area contributed by atoms with Crippen molar-refractivity contribution in [3.05, 3.63) is 58.0 Å². The van der Waals surface area contributed by atoms with Gasteiger partial charge >= 0.3 is 5.97 Å². The van der Waals surface area contributed by atoms with Gasteiger partial charge in [0.15, 0.2) is 23.1 Å². The topological polar surface area (TPSA) is 68.5 Å². The number of hydrogen-bond donors (Lipinski definition) is 1. The molecular weight excluding hydrogens is 387 g/mol. The number of nitrogens with zero attached hydrogens (tertiary/aromatic N) is 1. The van der Waals surface area contributed by atoms with E-state index in [-0.39, 0.29) is 27.5 Å². The van der Waals surface area contributed by atoms with E-state index in [1.807, 2.05) is 0 Å². The number of carbonyl (C=O) groups excluding carboxylic acids is 2. The Morgan fingerprint density at radius 2 is 1.81 bits per heavy atom. The Labute approximate surface area is 155 Å². The summed E-state index contributed by atoms with van der Waals surface area (Å²) in [7, 11) is 0. The molecule has 0 atom stereocenters. The van der Waals surface area contributed by atoms with Gasteiger partial charge in [-0.2, -0.15) is 0 Å². The van der Waals surface area contributed by atoms with Crippen LogP contribution in [0, 0.1) is 24.4 Å². The molecule has 0 bridgehead atoms. The molecule has 1 heterocycles. The summed E-state index contributed by atoms with van der Waals surface area (Å²) >= 11 is 5.60. The van der Waals surface area contributed by atoms with Gasteiger partial charge in [-0.25, -0.2) is 13.2 Å². The lowest BCUT2D eigenvalue weighted by molar-refractivity contribution is -0.131. The van der Waals surface area contributed by atoms with Crippen molar-refractivity contribution in [1.29, 1.82) is 0 Å². The van der Waals surface area contributed by atoms with Crippen molar-refractivity contribution >= 4 is 34.4 Å². The molecule has 0 aliphatic carbocycles. The highest BCUT2D eigenvalue weighted by Crippen LogP contribution is 2.39. The molecule has 5 nitrogen and oxygen atoms in total. The van der Waals surface area contributed by atoms with Gasteiger partial charge in [-0.05, 0) is 25.1 Å². The maximum Gasteiger partial charge on any atom is 0.308 e. The van der Waals surface area contributed by atoms with Crippen LogP contribution < -0.4 is 4.74 Å². The van der Waals surface area contributed by atoms with Crippen LogP contribution in [0.2, 0.25) is 5.02 Å². The van der Waals surface area contributed by atoms with E-state index in [0.29, 0.717) is 0 Å². The number of carbonyl (C=O) groups is 2. The van der Waals surface area contributed by atoms with E-state index < -0.39 is 40.5 Å². The van der Waals surface area contributed by atoms with Gasteiger partial charge in [0.1, 0.15) is 5.82 Å². The van der Waals surface area contributed by atoms with Crippen molar-refractivity contribution in [2.45, 2.75) is 13.8 Å². The van der Waals surface area contributed by atoms with Crippen molar-refractivity contribution in [1.82, 2.24) is 4.57 Å². The van der Waals surface area contributed by atoms with E-state index >= 15 is 0 Å². The summed E-state index contributed by atoms with van der Waals surface area (Å²) in [6, 6.07) is 3.98. The summed E-state index contributed by atoms with van der Waals surface area (Å²) in [6.07, 6.45) is 0. The van der Waals surface area contributed by atoms with Crippen molar-refractivity contribution < 1.29 is 32.6 Å². The van der Waals surface area contributed by atoms with Gasteiger partial charge in [0.05, 0.1) is 21.6 Å². The van der Waals surface area contributed by atoms with Gasteiger partial charge in [-0.15, -0.1) is 0 Å². The minimum Gasteiger partial charge on any atom is -0.503 e. The van der Waals surface area contributed by atoms with Gasteiger partial charge in [-0.1, -0.05) is 11.6 Å². The normalized spacial score (nSPS) is 11.0. The van der Waals surface area contributed by atoms with E-state index in [9.17, 15) is 27.9 Å². The van der Waals surface area contributed by atoms with Crippen LogP contribution in [-0.2, 0) is 4.79 Å². The molecule has 140 valence electrons. The molecular formula is C18H11ClF3NO4. The maximum atomic E-state index is 14.5. The average Bonchev–Trinajstić information content (AvgIpc) is 2.86. The maximum absolute atomic E-state index is 14.5. The monoisotopic (exact) mass is 397 g/mol. The van der Waals surface area contributed by atoms with Gasteiger partial charge in [-0.3, -0.25) is 14.2 Å². The summed E-state index contributed by atoms with van der Waals surface area (Å²) in [5.41, 5.74) is -0.485. The van der Waals surface area contributed by atoms with Gasteiger partial charge in [0, 0.05) is 18.6 Å². The predicted molar refractivity (Wildman–Crippen MR) is 90.7 cm³/mol. The van der Waals surface area contributed by atoms with E-state index in [0.717, 1.165) is 29.7 Å². The number of benzene rings is 2. The van der Waals surface area contributed by atoms with Gasteiger partial charge in [0.2, 0.25) is 0 Å². The van der Waals surface area contributed by atoms with Gasteiger partial charge < -0.3 is 9.84 Å². The van der Waals surface area contributed by atoms with Crippen LogP contribution in [0.3, 0.4) is 0 Å². The van der Waals surface area contributed by atoms with Crippen LogP contribution in [0.5, 0.6) is 11.5 Å². The number of aromatic hydroxyl groups is 1. The fourth-order valence-electron chi connectivity index (χ4n) is 2.74. The highest BCUT2D eigenvalue weighted by molar-refractivity contribution is 6.30. The second-order valence-corrected chi connectivity index (χ2v) is 6.10. The zero-order chi connectivity index (χ0) is 20.0. The molecule has 2 aromatic carbocycles. The van der Waals surface area contributed by atoms with E-state index in [1.165, 1.54) is 13.0 Å². The van der Waals surface area contributed by atoms with Crippen LogP contribution in [0.25, 0.3) is 10.9 Å². The minimum atomic E-state index is -1.39. The molecule has 0 spiro atoms. The molecule has 9 heteroatoms. The molecule has 0 radical (unpaired) electrons. The summed E-state index contributed by atoms with van der Waals surface area (Å²) in [5.74, 6) is -6.85. The first-order valence-electron chi connectivity index (χ1n) is 7.53. The number of esters is 1. The lowest BCUT2D eigenvalue weighted by Crippen LogP contribution is -2.14. The highest BCUT2D eigenvalue weighted by Gasteiger charge is 2.28. The number of fused-ring (bicyclic) bond motifs is 1. The van der Waals surface area contributed by atoms with Crippen LogP contribution >= 0.6 is 11.6 Å². The van der Waals surface area contributed by atoms with E-state index in [2.05, 4.69) is 0 Å². The second-order valence-electron chi connectivity index (χ2n) is 5.69. The van der Waals surface area contributed by atoms with E-state index in [1.54, 1.807) is 0 Å². The number of rotatable bonds is 2. The number of hydrogen-bond acceptors (Lipinski definition) is 4. The molecule has 3 rings (SSSR count). The highest BCUT2D eigenvalue weighted by atomic mass is 35.5. The summed E-state index contributed by atoms with van der Waals surface area (Å²) in [6.45, 7) is 2.39. The van der Waals surface area contributed by atoms with Crippen LogP contribution in [0.1, 0.15) is 23.0 Å². The summed E-state index contributed by atoms with van der Waals surface area (Å²) < 4.78 is 47.9. The molecule has 0 fully saturated rings. The molecule has 0 saturated heterocycles. The molecule has 0 unspecified atom stereocenters. The quantitative estimate of drug-likeness (QED) is 0.653. The number of aromatic nitrogens is 1. The van der Waals surface area contributed by atoms with Crippen molar-refractivity contribution in [3.8, 4) is 11.5 Å². The molecule has 1 N–H and O–H groups in total. The Bertz CT molecular complexity index is 1120. The first-order chi connectivity index (χ1) is 12.6. The molecule has 0 amide bonds. The number of phenolic OH excluding ortho intramolecular Hbond substituents is 1. The molecule has 0 saturated carbocycles. The zero-order valence-electron chi connectivity index (χ0n) is 13.9. The lowest BCUT2D eigenvalue weighted by atomic mass is 10.2. The largest absolute Gasteiger partial charge is 0.503 e. The third kappa shape index (κ3) is 3.02. The molecule has 3 aromatic rings. The second kappa shape index (κ2) is 6.62. The number of phenols is 1. The van der Waals surface area contributed by atoms with Gasteiger partial charge in [0.25, 0.3) is 5.91 Å². The van der Waals surface area contributed by atoms with E-state index in [4.69, 9.17) is 16.3 Å². The summed E-state index contributed by atoms with van der Waals surface area (Å²) in [5, 5.41) is 8.88. The minimum absolute atomic E-state index is 0.0375.